The molecule has 90 valence electrons. The van der Waals surface area contributed by atoms with Gasteiger partial charge in [0.15, 0.2) is 0 Å². The summed E-state index contributed by atoms with van der Waals surface area (Å²) in [6, 6.07) is 5.89. The third-order valence-corrected chi connectivity index (χ3v) is 1.97. The molecule has 0 amide bonds. The van der Waals surface area contributed by atoms with Crippen molar-refractivity contribution in [3.8, 4) is 0 Å². The van der Waals surface area contributed by atoms with Crippen LogP contribution in [0.15, 0.2) is 24.3 Å². The summed E-state index contributed by atoms with van der Waals surface area (Å²) in [7, 11) is 0. The molecule has 0 spiro atoms. The number of carbonyl (C=O) groups excluding carboxylic acids is 1. The molecule has 0 fully saturated rings. The van der Waals surface area contributed by atoms with Crippen LogP contribution in [0.2, 0.25) is 0 Å². The Hall–Kier alpha value is -2.02. The van der Waals surface area contributed by atoms with Crippen molar-refractivity contribution in [3.63, 3.8) is 0 Å². The van der Waals surface area contributed by atoms with Crippen LogP contribution in [-0.2, 0) is 9.53 Å². The van der Waals surface area contributed by atoms with E-state index < -0.39 is 10.9 Å². The van der Waals surface area contributed by atoms with Gasteiger partial charge in [-0.2, -0.15) is 0 Å². The van der Waals surface area contributed by atoms with Gasteiger partial charge in [-0.1, -0.05) is 18.3 Å². The first-order chi connectivity index (χ1) is 7.99. The summed E-state index contributed by atoms with van der Waals surface area (Å²) in [4.78, 5) is 20.9. The second-order valence-corrected chi connectivity index (χ2v) is 3.63. The van der Waals surface area contributed by atoms with Crippen LogP contribution in [0.25, 0.3) is 0 Å². The predicted molar refractivity (Wildman–Crippen MR) is 66.0 cm³/mol. The Bertz CT molecular complexity index is 461. The standard InChI is InChI=1S/C10H10N2O4S/c1-7(13)16-6-10(17)11-8-3-2-4-9(5-8)12(14)15/h2-5H,6H2,1H3,(H,11,17). The van der Waals surface area contributed by atoms with Crippen molar-refractivity contribution < 1.29 is 14.5 Å². The van der Waals surface area contributed by atoms with E-state index in [0.717, 1.165) is 0 Å². The summed E-state index contributed by atoms with van der Waals surface area (Å²) in [6.45, 7) is 1.23. The van der Waals surface area contributed by atoms with Crippen LogP contribution >= 0.6 is 12.2 Å². The zero-order valence-electron chi connectivity index (χ0n) is 9.00. The van der Waals surface area contributed by atoms with Crippen LogP contribution in [-0.4, -0.2) is 22.5 Å². The first-order valence-electron chi connectivity index (χ1n) is 4.66. The van der Waals surface area contributed by atoms with Crippen LogP contribution in [0.1, 0.15) is 6.92 Å². The van der Waals surface area contributed by atoms with Gasteiger partial charge in [0.1, 0.15) is 11.6 Å². The third kappa shape index (κ3) is 4.56. The van der Waals surface area contributed by atoms with Gasteiger partial charge in [0.25, 0.3) is 5.69 Å². The number of nitrogens with zero attached hydrogens (tertiary/aromatic N) is 1. The summed E-state index contributed by atoms with van der Waals surface area (Å²) in [5.41, 5.74) is 0.446. The van der Waals surface area contributed by atoms with Crippen LogP contribution < -0.4 is 5.32 Å². The van der Waals surface area contributed by atoms with E-state index in [9.17, 15) is 14.9 Å². The van der Waals surface area contributed by atoms with E-state index in [1.807, 2.05) is 0 Å². The Kier molecular flexibility index (Phi) is 4.53. The highest BCUT2D eigenvalue weighted by atomic mass is 32.1. The largest absolute Gasteiger partial charge is 0.459 e. The number of hydrogen-bond donors (Lipinski definition) is 1. The topological polar surface area (TPSA) is 81.5 Å². The first-order valence-corrected chi connectivity index (χ1v) is 5.07. The lowest BCUT2D eigenvalue weighted by Gasteiger charge is -2.07. The second kappa shape index (κ2) is 5.90. The van der Waals surface area contributed by atoms with E-state index in [2.05, 4.69) is 10.1 Å². The molecule has 0 radical (unpaired) electrons. The number of non-ortho nitro benzene ring substituents is 1. The van der Waals surface area contributed by atoms with Crippen LogP contribution in [0.5, 0.6) is 0 Å². The normalized spacial score (nSPS) is 9.47. The van der Waals surface area contributed by atoms with Gasteiger partial charge in [0.2, 0.25) is 0 Å². The van der Waals surface area contributed by atoms with Gasteiger partial charge in [-0.3, -0.25) is 14.9 Å². The van der Waals surface area contributed by atoms with Crippen molar-refractivity contribution in [1.29, 1.82) is 0 Å². The summed E-state index contributed by atoms with van der Waals surface area (Å²) in [5, 5.41) is 13.3. The molecule has 1 aromatic rings. The van der Waals surface area contributed by atoms with Crippen LogP contribution in [0.3, 0.4) is 0 Å². The van der Waals surface area contributed by atoms with E-state index in [0.29, 0.717) is 5.69 Å². The third-order valence-electron chi connectivity index (χ3n) is 1.75. The number of hydrogen-bond acceptors (Lipinski definition) is 5. The number of nitro benzene ring substituents is 1. The molecule has 1 N–H and O–H groups in total. The minimum absolute atomic E-state index is 0.0368. The Morgan fingerprint density at radius 3 is 2.88 bits per heavy atom. The molecule has 6 nitrogen and oxygen atoms in total. The molecule has 0 unspecified atom stereocenters. The van der Waals surface area contributed by atoms with Crippen molar-refractivity contribution in [3.05, 3.63) is 34.4 Å². The fraction of sp³-hybridized carbons (Fsp3) is 0.200. The van der Waals surface area contributed by atoms with E-state index >= 15 is 0 Å². The molecule has 0 heterocycles. The number of nitro groups is 1. The second-order valence-electron chi connectivity index (χ2n) is 3.14. The maximum atomic E-state index is 10.5. The highest BCUT2D eigenvalue weighted by Crippen LogP contribution is 2.16. The number of benzene rings is 1. The Balaban J connectivity index is 2.62. The minimum Gasteiger partial charge on any atom is -0.459 e. The Labute approximate surface area is 103 Å². The summed E-state index contributed by atoms with van der Waals surface area (Å²) in [5.74, 6) is -0.437. The van der Waals surface area contributed by atoms with Crippen LogP contribution in [0, 0.1) is 10.1 Å². The van der Waals surface area contributed by atoms with Gasteiger partial charge in [0, 0.05) is 24.7 Å². The van der Waals surface area contributed by atoms with Crippen molar-refractivity contribution in [2.75, 3.05) is 11.9 Å². The highest BCUT2D eigenvalue weighted by Gasteiger charge is 2.06. The molecule has 0 saturated heterocycles. The van der Waals surface area contributed by atoms with Crippen molar-refractivity contribution >= 4 is 34.6 Å². The molecule has 0 aromatic heterocycles. The van der Waals surface area contributed by atoms with Crippen molar-refractivity contribution in [1.82, 2.24) is 0 Å². The average Bonchev–Trinajstić information content (AvgIpc) is 2.26. The fourth-order valence-corrected chi connectivity index (χ4v) is 1.24. The molecule has 0 aliphatic carbocycles. The zero-order chi connectivity index (χ0) is 12.8. The number of thiocarbonyl (C=S) groups is 1. The van der Waals surface area contributed by atoms with Gasteiger partial charge in [0.05, 0.1) is 4.92 Å². The quantitative estimate of drug-likeness (QED) is 0.382. The number of carbonyl (C=O) groups is 1. The number of ether oxygens (including phenoxy) is 1. The number of esters is 1. The van der Waals surface area contributed by atoms with Crippen molar-refractivity contribution in [2.24, 2.45) is 0 Å². The number of rotatable bonds is 4. The first kappa shape index (κ1) is 13.0. The van der Waals surface area contributed by atoms with E-state index in [4.69, 9.17) is 12.2 Å². The van der Waals surface area contributed by atoms with Gasteiger partial charge in [-0.15, -0.1) is 0 Å². The van der Waals surface area contributed by atoms with Crippen LogP contribution in [0.4, 0.5) is 11.4 Å². The highest BCUT2D eigenvalue weighted by molar-refractivity contribution is 7.80. The molecule has 0 aliphatic heterocycles. The van der Waals surface area contributed by atoms with E-state index in [1.54, 1.807) is 6.07 Å². The monoisotopic (exact) mass is 254 g/mol. The predicted octanol–water partition coefficient (Wildman–Crippen LogP) is 1.90. The zero-order valence-corrected chi connectivity index (χ0v) is 9.82. The molecule has 0 atom stereocenters. The molecule has 1 aromatic carbocycles. The molecule has 7 heteroatoms. The average molecular weight is 254 g/mol. The summed E-state index contributed by atoms with van der Waals surface area (Å²) < 4.78 is 4.68. The van der Waals surface area contributed by atoms with Gasteiger partial charge in [-0.25, -0.2) is 0 Å². The van der Waals surface area contributed by atoms with Gasteiger partial charge in [-0.05, 0) is 6.07 Å². The lowest BCUT2D eigenvalue weighted by atomic mass is 10.3. The maximum Gasteiger partial charge on any atom is 0.303 e. The summed E-state index contributed by atoms with van der Waals surface area (Å²) in [6.07, 6.45) is 0. The van der Waals surface area contributed by atoms with Gasteiger partial charge >= 0.3 is 5.97 Å². The number of nitrogens with one attached hydrogen (secondary N) is 1. The molecule has 0 aliphatic rings. The molecule has 0 saturated carbocycles. The minimum atomic E-state index is -0.500. The maximum absolute atomic E-state index is 10.5. The van der Waals surface area contributed by atoms with E-state index in [-0.39, 0.29) is 17.3 Å². The SMILES string of the molecule is CC(=O)OCC(=S)Nc1cccc([N+](=O)[O-])c1. The lowest BCUT2D eigenvalue weighted by Crippen LogP contribution is -2.17. The molecule has 1 rings (SSSR count). The molecule has 0 bridgehead atoms. The molecule has 17 heavy (non-hydrogen) atoms. The lowest BCUT2D eigenvalue weighted by molar-refractivity contribution is -0.384. The molecular formula is C10H10N2O4S. The smallest absolute Gasteiger partial charge is 0.303 e. The van der Waals surface area contributed by atoms with E-state index in [1.165, 1.54) is 25.1 Å². The summed E-state index contributed by atoms with van der Waals surface area (Å²) >= 11 is 4.91. The number of anilines is 1. The van der Waals surface area contributed by atoms with Crippen molar-refractivity contribution in [2.45, 2.75) is 6.92 Å². The fourth-order valence-electron chi connectivity index (χ4n) is 1.06. The Morgan fingerprint density at radius 2 is 2.29 bits per heavy atom. The Morgan fingerprint density at radius 1 is 1.59 bits per heavy atom. The van der Waals surface area contributed by atoms with Gasteiger partial charge < -0.3 is 10.1 Å². The molecular weight excluding hydrogens is 244 g/mol.